The van der Waals surface area contributed by atoms with Crippen LogP contribution in [0.5, 0.6) is 0 Å². The number of quaternary nitrogens is 5. The molecule has 16 atom stereocenters. The van der Waals surface area contributed by atoms with Crippen LogP contribution in [0.1, 0.15) is 166 Å². The van der Waals surface area contributed by atoms with Gasteiger partial charge in [0.1, 0.15) is 78.5 Å². The number of aliphatic hydroxyl groups excluding tert-OH is 1. The number of para-hydroxylation sites is 3. The number of thioether (sulfide) groups is 1. The van der Waals surface area contributed by atoms with Gasteiger partial charge in [0, 0.05) is 89.3 Å². The lowest BCUT2D eigenvalue weighted by molar-refractivity contribution is -0.402. The minimum atomic E-state index is -1.86. The maximum absolute atomic E-state index is 15.6. The summed E-state index contributed by atoms with van der Waals surface area (Å²) in [5, 5.41) is 62.4. The molecule has 0 aliphatic carbocycles. The van der Waals surface area contributed by atoms with Gasteiger partial charge in [-0.25, -0.2) is 4.79 Å². The van der Waals surface area contributed by atoms with Crippen molar-refractivity contribution in [1.82, 2.24) is 89.4 Å². The van der Waals surface area contributed by atoms with Crippen LogP contribution in [0.25, 0.3) is 32.7 Å². The molecule has 7 aromatic rings. The summed E-state index contributed by atoms with van der Waals surface area (Å²) in [4.78, 5) is 242. The van der Waals surface area contributed by atoms with E-state index in [4.69, 9.17) is 5.73 Å². The van der Waals surface area contributed by atoms with Gasteiger partial charge in [0.05, 0.1) is 44.5 Å². The van der Waals surface area contributed by atoms with Crippen LogP contribution in [0.15, 0.2) is 122 Å². The number of aromatic nitrogens is 3. The fraction of sp³-hybridized carbons (Fsp3) is 0.521. The average Bonchev–Trinajstić information content (AvgIpc) is 1.69. The van der Waals surface area contributed by atoms with Gasteiger partial charge in [0.2, 0.25) is 82.7 Å². The lowest BCUT2D eigenvalue weighted by Crippen LogP contribution is -2.70. The van der Waals surface area contributed by atoms with E-state index in [0.29, 0.717) is 122 Å². The van der Waals surface area contributed by atoms with Crippen molar-refractivity contribution in [2.24, 2.45) is 17.6 Å². The van der Waals surface area contributed by atoms with Crippen molar-refractivity contribution in [3.8, 4) is 0 Å². The highest BCUT2D eigenvalue weighted by molar-refractivity contribution is 8.00. The summed E-state index contributed by atoms with van der Waals surface area (Å²) in [7, 11) is 0. The van der Waals surface area contributed by atoms with Crippen LogP contribution in [0.3, 0.4) is 0 Å². The van der Waals surface area contributed by atoms with Crippen LogP contribution < -0.4 is 109 Å². The van der Waals surface area contributed by atoms with Crippen molar-refractivity contribution in [3.63, 3.8) is 0 Å². The molecule has 4 aromatic carbocycles. The number of primary amides is 1. The maximum Gasteiger partial charge on any atom is 0.326 e. The zero-order valence-corrected chi connectivity index (χ0v) is 80.4. The number of amides is 15. The van der Waals surface area contributed by atoms with Gasteiger partial charge in [-0.3, -0.25) is 71.9 Å². The standard InChI is InChI=1S/C96H139N23O18S/c1-6-55(4)81-94(134)119-82(56(5)120)95(135)110-71(37-24-42-103-80(122)53-138-52-78(93(133)118-81)117-89(129)74(44-57-25-8-7-9-26-57)114-91(131)75(112-83(123)64(101)48-79(102)121)45-58-49-104-65-30-13-10-27-61(58)65)87(127)115-77(47-60-51-106-67-32-15-12-29-63(60)67)92(132)113-73(43-54(2)3)88(128)116-76(46-59-50-105-66-31-14-11-28-62(59)66)90(130)109-69(34-17-21-39-98)85(125)107-68(33-16-20-38-97)84(124)108-70(35-18-22-40-99)86(126)111-72(96(136)137)36-19-23-41-100/h7-15,25-32,49-51,54-56,64,68-78,81-82,104-106,120H,6,16-24,33-48,52-53,97-101H2,1-5H3,(H2,102,121)(H,103,122)(H,107,125)(H,108,124)(H,109,130)(H,110,135)(H,111,126)(H,112,123)(H,113,132)(H,114,131)(H,115,127)(H,116,128)(H,117,129)(H,118,133)(H,119,134)(H,136,137)/p+5/t55-,56+,64-,68-,69-,70-,71-,72-,73-,74-,75-,76-,77-,78-,81-,82-/m0/s1. The Morgan fingerprint density at radius 1 is 0.457 bits per heavy atom. The molecule has 42 heteroatoms. The Morgan fingerprint density at radius 2 is 0.841 bits per heavy atom. The average molecular weight is 1940 g/mol. The number of aliphatic carboxylic acids is 1. The molecule has 752 valence electrons. The summed E-state index contributed by atoms with van der Waals surface area (Å²) in [5.74, 6) is -15.6. The Morgan fingerprint density at radius 3 is 1.28 bits per heavy atom. The normalized spacial score (nSPS) is 17.9. The molecule has 0 saturated carbocycles. The molecule has 0 radical (unpaired) electrons. The number of hydrogen-bond acceptors (Lipinski definition) is 18. The van der Waals surface area contributed by atoms with E-state index >= 15 is 38.4 Å². The second kappa shape index (κ2) is 56.7. The Bertz CT molecular complexity index is 5240. The van der Waals surface area contributed by atoms with Gasteiger partial charge in [0.15, 0.2) is 6.04 Å². The largest absolute Gasteiger partial charge is 0.480 e. The molecule has 1 aliphatic heterocycles. The number of aliphatic hydroxyl groups is 1. The van der Waals surface area contributed by atoms with E-state index < -0.39 is 198 Å². The zero-order valence-electron chi connectivity index (χ0n) is 79.6. The molecule has 0 spiro atoms. The third-order valence-electron chi connectivity index (χ3n) is 24.4. The lowest BCUT2D eigenvalue weighted by Gasteiger charge is -2.31. The summed E-state index contributed by atoms with van der Waals surface area (Å²) in [5.41, 5.74) is 29.2. The summed E-state index contributed by atoms with van der Waals surface area (Å²) in [6, 6.07) is 10.1. The van der Waals surface area contributed by atoms with Crippen molar-refractivity contribution >= 4 is 139 Å². The molecule has 36 N–H and O–H groups in total. The van der Waals surface area contributed by atoms with Crippen molar-refractivity contribution in [3.05, 3.63) is 144 Å². The number of H-pyrrole nitrogens is 3. The van der Waals surface area contributed by atoms with Crippen molar-refractivity contribution in [2.45, 2.75) is 260 Å². The highest BCUT2D eigenvalue weighted by atomic mass is 32.2. The first kappa shape index (κ1) is 110. The molecule has 0 unspecified atom stereocenters. The predicted molar refractivity (Wildman–Crippen MR) is 516 cm³/mol. The molecule has 4 heterocycles. The SMILES string of the molecule is CC[C@H](C)[C@@H]1NC(=O)[C@@H](NC(=O)[C@H](Cc2ccccc2)NC(=O)[C@H](Cc2c[nH]c3ccccc23)NC(=O)[C@@H]([NH3+])CC(N)=O)CSCC(=O)NCCC[C@@H](C(=O)N[C@@H](Cc2c[nH]c3ccccc23)C(=O)N[C@@H](CC(C)C)C(=O)N[C@@H](Cc2c[nH]c3ccccc23)C(=O)N[C@@H](CCCC[NH3+])C(=O)N[C@@H](CCCC[NH3+])C(=O)N[C@@H](CCCC[NH3+])C(=O)N[C@@H](CCCC[NH3+])C(=O)O)NC(=O)[C@H]([C@@H](C)O)NC1=O. The Hall–Kier alpha value is -12.9. The summed E-state index contributed by atoms with van der Waals surface area (Å²) in [6.45, 7) is 10.1. The number of benzene rings is 4. The smallest absolute Gasteiger partial charge is 0.326 e. The van der Waals surface area contributed by atoms with E-state index in [2.05, 4.69) is 118 Å². The molecule has 8 rings (SSSR count). The third-order valence-corrected chi connectivity index (χ3v) is 25.4. The summed E-state index contributed by atoms with van der Waals surface area (Å²) in [6.07, 6.45) is 6.38. The van der Waals surface area contributed by atoms with E-state index in [1.807, 2.05) is 36.4 Å². The predicted octanol–water partition coefficient (Wildman–Crippen LogP) is -3.96. The van der Waals surface area contributed by atoms with Crippen molar-refractivity contribution in [1.29, 1.82) is 0 Å². The molecule has 41 nitrogen and oxygen atoms in total. The molecule has 3 aromatic heterocycles. The van der Waals surface area contributed by atoms with Gasteiger partial charge < -0.3 is 134 Å². The van der Waals surface area contributed by atoms with Gasteiger partial charge >= 0.3 is 5.97 Å². The molecular formula is C96H144N23O18S+5. The molecule has 1 aliphatic rings. The molecular weight excluding hydrogens is 1800 g/mol. The fourth-order valence-electron chi connectivity index (χ4n) is 16.4. The van der Waals surface area contributed by atoms with E-state index in [9.17, 15) is 48.6 Å². The first-order valence-electron chi connectivity index (χ1n) is 47.8. The number of carboxylic acids is 1. The van der Waals surface area contributed by atoms with Crippen molar-refractivity contribution in [2.75, 3.05) is 44.2 Å². The van der Waals surface area contributed by atoms with Crippen LogP contribution >= 0.6 is 11.8 Å². The van der Waals surface area contributed by atoms with Crippen molar-refractivity contribution < 1.29 is 116 Å². The number of carboxylic acid groups (broad SMARTS) is 1. The van der Waals surface area contributed by atoms with Crippen LogP contribution in [0.4, 0.5) is 0 Å². The fourth-order valence-corrected chi connectivity index (χ4v) is 17.2. The number of aromatic amines is 3. The molecule has 0 bridgehead atoms. The molecule has 138 heavy (non-hydrogen) atoms. The maximum atomic E-state index is 15.6. The quantitative estimate of drug-likeness (QED) is 0.0162. The molecule has 1 saturated heterocycles. The number of fused-ring (bicyclic) bond motifs is 3. The van der Waals surface area contributed by atoms with Gasteiger partial charge in [-0.1, -0.05) is 119 Å². The summed E-state index contributed by atoms with van der Waals surface area (Å²) < 4.78 is 0. The second-order valence-corrected chi connectivity index (χ2v) is 36.9. The Balaban J connectivity index is 1.05. The Kier molecular flexibility index (Phi) is 45.4. The molecule has 1 fully saturated rings. The minimum absolute atomic E-state index is 0.0328. The highest BCUT2D eigenvalue weighted by Gasteiger charge is 2.41. The highest BCUT2D eigenvalue weighted by Crippen LogP contribution is 2.25. The number of rotatable bonds is 52. The minimum Gasteiger partial charge on any atom is -0.480 e. The first-order chi connectivity index (χ1) is 66.1. The van der Waals surface area contributed by atoms with E-state index in [-0.39, 0.29) is 101 Å². The number of carbonyl (C=O) groups is 16. The van der Waals surface area contributed by atoms with E-state index in [1.165, 1.54) is 6.92 Å². The van der Waals surface area contributed by atoms with Crippen LogP contribution in [0, 0.1) is 11.8 Å². The van der Waals surface area contributed by atoms with Crippen LogP contribution in [-0.4, -0.2) is 255 Å². The van der Waals surface area contributed by atoms with Gasteiger partial charge in [-0.05, 0) is 156 Å². The Labute approximate surface area is 805 Å². The van der Waals surface area contributed by atoms with Crippen LogP contribution in [-0.2, 0) is 102 Å². The van der Waals surface area contributed by atoms with Gasteiger partial charge in [-0.15, -0.1) is 11.8 Å². The first-order valence-corrected chi connectivity index (χ1v) is 49.0. The zero-order chi connectivity index (χ0) is 100. The topological polar surface area (TPSA) is 694 Å². The number of hydrogen-bond donors (Lipinski definition) is 25. The third kappa shape index (κ3) is 34.7. The number of nitrogens with one attached hydrogen (secondary N) is 17. The monoisotopic (exact) mass is 1940 g/mol. The number of carbonyl (C=O) groups excluding carboxylic acids is 15. The van der Waals surface area contributed by atoms with E-state index in [1.54, 1.807) is 113 Å². The number of unbranched alkanes of at least 4 members (excludes halogenated alkanes) is 4. The van der Waals surface area contributed by atoms with Crippen LogP contribution in [0.2, 0.25) is 0 Å². The van der Waals surface area contributed by atoms with E-state index in [0.717, 1.165) is 22.7 Å². The lowest BCUT2D eigenvalue weighted by atomic mass is 9.97. The molecule has 15 amide bonds. The van der Waals surface area contributed by atoms with Gasteiger partial charge in [0.25, 0.3) is 5.91 Å². The second-order valence-electron chi connectivity index (χ2n) is 35.9. The summed E-state index contributed by atoms with van der Waals surface area (Å²) >= 11 is 0.927. The number of nitrogens with two attached hydrogens (primary N) is 1. The van der Waals surface area contributed by atoms with Gasteiger partial charge in [-0.2, -0.15) is 0 Å².